The van der Waals surface area contributed by atoms with Crippen molar-refractivity contribution in [1.82, 2.24) is 0 Å². The van der Waals surface area contributed by atoms with Crippen molar-refractivity contribution in [3.8, 4) is 0 Å². The lowest BCUT2D eigenvalue weighted by Crippen LogP contribution is -2.28. The maximum atomic E-state index is 10.9. The molecule has 6 nitrogen and oxygen atoms in total. The molecule has 17 heavy (non-hydrogen) atoms. The SMILES string of the molecule is O=C(O)c1cc(Br)ccc1C(O)C(O)C(=O)O. The molecule has 0 saturated heterocycles. The second kappa shape index (κ2) is 5.26. The highest BCUT2D eigenvalue weighted by atomic mass is 79.9. The highest BCUT2D eigenvalue weighted by Gasteiger charge is 2.28. The first-order valence-corrected chi connectivity index (χ1v) is 5.25. The zero-order valence-corrected chi connectivity index (χ0v) is 9.96. The third-order valence-corrected chi connectivity index (χ3v) is 2.61. The van der Waals surface area contributed by atoms with E-state index in [1.807, 2.05) is 0 Å². The van der Waals surface area contributed by atoms with E-state index < -0.39 is 24.1 Å². The first-order chi connectivity index (χ1) is 7.84. The van der Waals surface area contributed by atoms with Crippen molar-refractivity contribution in [1.29, 1.82) is 0 Å². The Hall–Kier alpha value is -1.44. The standard InChI is InChI=1S/C10H9BrO6/c11-4-1-2-5(6(3-4)9(14)15)7(12)8(13)10(16)17/h1-3,7-8,12-13H,(H,14,15)(H,16,17). The Labute approximate surface area is 104 Å². The van der Waals surface area contributed by atoms with E-state index in [-0.39, 0.29) is 11.1 Å². The molecule has 2 unspecified atom stereocenters. The van der Waals surface area contributed by atoms with Gasteiger partial charge in [-0.25, -0.2) is 9.59 Å². The minimum absolute atomic E-state index is 0.157. The number of rotatable bonds is 4. The normalized spacial score (nSPS) is 14.1. The number of aliphatic carboxylic acids is 1. The van der Waals surface area contributed by atoms with Crippen LogP contribution < -0.4 is 0 Å². The zero-order chi connectivity index (χ0) is 13.2. The van der Waals surface area contributed by atoms with Gasteiger partial charge >= 0.3 is 11.9 Å². The van der Waals surface area contributed by atoms with Crippen molar-refractivity contribution >= 4 is 27.9 Å². The Balaban J connectivity index is 3.21. The van der Waals surface area contributed by atoms with Crippen LogP contribution in [0, 0.1) is 0 Å². The van der Waals surface area contributed by atoms with Gasteiger partial charge in [-0.15, -0.1) is 0 Å². The van der Waals surface area contributed by atoms with E-state index >= 15 is 0 Å². The second-order valence-electron chi connectivity index (χ2n) is 3.26. The molecule has 0 aliphatic carbocycles. The summed E-state index contributed by atoms with van der Waals surface area (Å²) in [4.78, 5) is 21.4. The average Bonchev–Trinajstić information content (AvgIpc) is 2.26. The Morgan fingerprint density at radius 1 is 1.18 bits per heavy atom. The van der Waals surface area contributed by atoms with Crippen molar-refractivity contribution in [2.24, 2.45) is 0 Å². The first kappa shape index (κ1) is 13.6. The molecule has 0 fully saturated rings. The molecule has 1 aromatic carbocycles. The summed E-state index contributed by atoms with van der Waals surface area (Å²) in [5.41, 5.74) is -0.428. The molecule has 2 atom stereocenters. The molecule has 0 spiro atoms. The van der Waals surface area contributed by atoms with Crippen LogP contribution in [0.5, 0.6) is 0 Å². The van der Waals surface area contributed by atoms with E-state index in [2.05, 4.69) is 15.9 Å². The molecular weight excluding hydrogens is 296 g/mol. The molecule has 92 valence electrons. The summed E-state index contributed by atoms with van der Waals surface area (Å²) in [6, 6.07) is 3.90. The summed E-state index contributed by atoms with van der Waals surface area (Å²) >= 11 is 3.06. The largest absolute Gasteiger partial charge is 0.479 e. The lowest BCUT2D eigenvalue weighted by molar-refractivity contribution is -0.153. The molecule has 0 aliphatic heterocycles. The molecule has 1 aromatic rings. The lowest BCUT2D eigenvalue weighted by atomic mass is 9.99. The predicted octanol–water partition coefficient (Wildman–Crippen LogP) is 0.626. The van der Waals surface area contributed by atoms with Crippen molar-refractivity contribution in [3.63, 3.8) is 0 Å². The minimum Gasteiger partial charge on any atom is -0.479 e. The number of carbonyl (C=O) groups is 2. The molecule has 1 rings (SSSR count). The molecule has 7 heteroatoms. The van der Waals surface area contributed by atoms with E-state index in [1.165, 1.54) is 18.2 Å². The number of carboxylic acids is 2. The van der Waals surface area contributed by atoms with Crippen LogP contribution in [-0.4, -0.2) is 38.5 Å². The lowest BCUT2D eigenvalue weighted by Gasteiger charge is -2.16. The van der Waals surface area contributed by atoms with Crippen LogP contribution in [0.1, 0.15) is 22.0 Å². The number of carboxylic acid groups (broad SMARTS) is 2. The second-order valence-corrected chi connectivity index (χ2v) is 4.18. The summed E-state index contributed by atoms with van der Waals surface area (Å²) in [7, 11) is 0. The van der Waals surface area contributed by atoms with Crippen LogP contribution >= 0.6 is 15.9 Å². The molecule has 0 heterocycles. The third-order valence-electron chi connectivity index (χ3n) is 2.12. The summed E-state index contributed by atoms with van der Waals surface area (Å²) in [5, 5.41) is 36.2. The number of aliphatic hydroxyl groups is 2. The van der Waals surface area contributed by atoms with Crippen LogP contribution in [0.3, 0.4) is 0 Å². The molecule has 4 N–H and O–H groups in total. The summed E-state index contributed by atoms with van der Waals surface area (Å²) < 4.78 is 0.468. The minimum atomic E-state index is -2.07. The Morgan fingerprint density at radius 2 is 1.76 bits per heavy atom. The highest BCUT2D eigenvalue weighted by molar-refractivity contribution is 9.10. The van der Waals surface area contributed by atoms with Gasteiger partial charge < -0.3 is 20.4 Å². The van der Waals surface area contributed by atoms with E-state index in [9.17, 15) is 14.7 Å². The molecule has 0 amide bonds. The highest BCUT2D eigenvalue weighted by Crippen LogP contribution is 2.24. The molecule has 0 radical (unpaired) electrons. The fourth-order valence-corrected chi connectivity index (χ4v) is 1.64. The summed E-state index contributed by atoms with van der Waals surface area (Å²) in [6.45, 7) is 0. The van der Waals surface area contributed by atoms with Gasteiger partial charge in [0.1, 0.15) is 6.10 Å². The number of halogens is 1. The number of hydrogen-bond acceptors (Lipinski definition) is 4. The summed E-state index contributed by atoms with van der Waals surface area (Å²) in [5.74, 6) is -2.95. The van der Waals surface area contributed by atoms with Crippen LogP contribution in [0.4, 0.5) is 0 Å². The van der Waals surface area contributed by atoms with Gasteiger partial charge in [0.25, 0.3) is 0 Å². The van der Waals surface area contributed by atoms with Gasteiger partial charge in [0, 0.05) is 4.47 Å². The number of aromatic carboxylic acids is 1. The van der Waals surface area contributed by atoms with Crippen LogP contribution in [-0.2, 0) is 4.79 Å². The Bertz CT molecular complexity index is 458. The van der Waals surface area contributed by atoms with Crippen molar-refractivity contribution in [3.05, 3.63) is 33.8 Å². The molecule has 0 aromatic heterocycles. The summed E-state index contributed by atoms with van der Waals surface area (Å²) in [6.07, 6.45) is -3.87. The topological polar surface area (TPSA) is 115 Å². The van der Waals surface area contributed by atoms with Gasteiger partial charge in [-0.3, -0.25) is 0 Å². The van der Waals surface area contributed by atoms with Gasteiger partial charge in [-0.2, -0.15) is 0 Å². The van der Waals surface area contributed by atoms with Crippen molar-refractivity contribution in [2.45, 2.75) is 12.2 Å². The maximum absolute atomic E-state index is 10.9. The van der Waals surface area contributed by atoms with Gasteiger partial charge in [0.05, 0.1) is 5.56 Å². The molecule has 0 bridgehead atoms. The quantitative estimate of drug-likeness (QED) is 0.648. The Morgan fingerprint density at radius 3 is 2.24 bits per heavy atom. The number of benzene rings is 1. The van der Waals surface area contributed by atoms with Gasteiger partial charge in [0.2, 0.25) is 0 Å². The fourth-order valence-electron chi connectivity index (χ4n) is 1.28. The zero-order valence-electron chi connectivity index (χ0n) is 8.37. The van der Waals surface area contributed by atoms with Crippen molar-refractivity contribution in [2.75, 3.05) is 0 Å². The van der Waals surface area contributed by atoms with Gasteiger partial charge in [0.15, 0.2) is 6.10 Å². The maximum Gasteiger partial charge on any atom is 0.336 e. The molecule has 0 saturated carbocycles. The average molecular weight is 305 g/mol. The predicted molar refractivity (Wildman–Crippen MR) is 59.7 cm³/mol. The van der Waals surface area contributed by atoms with Gasteiger partial charge in [-0.05, 0) is 17.7 Å². The number of aliphatic hydroxyl groups excluding tert-OH is 2. The van der Waals surface area contributed by atoms with Crippen LogP contribution in [0.2, 0.25) is 0 Å². The van der Waals surface area contributed by atoms with Gasteiger partial charge in [-0.1, -0.05) is 22.0 Å². The van der Waals surface area contributed by atoms with E-state index in [4.69, 9.17) is 15.3 Å². The van der Waals surface area contributed by atoms with E-state index in [1.54, 1.807) is 0 Å². The van der Waals surface area contributed by atoms with E-state index in [0.29, 0.717) is 4.47 Å². The third kappa shape index (κ3) is 3.02. The van der Waals surface area contributed by atoms with E-state index in [0.717, 1.165) is 0 Å². The smallest absolute Gasteiger partial charge is 0.336 e. The first-order valence-electron chi connectivity index (χ1n) is 4.46. The Kier molecular flexibility index (Phi) is 4.22. The fraction of sp³-hybridized carbons (Fsp3) is 0.200. The van der Waals surface area contributed by atoms with Crippen LogP contribution in [0.25, 0.3) is 0 Å². The number of hydrogen-bond donors (Lipinski definition) is 4. The molecule has 0 aliphatic rings. The molecular formula is C10H9BrO6. The van der Waals surface area contributed by atoms with Crippen LogP contribution in [0.15, 0.2) is 22.7 Å². The monoisotopic (exact) mass is 304 g/mol. The van der Waals surface area contributed by atoms with Crippen molar-refractivity contribution < 1.29 is 30.0 Å².